The van der Waals surface area contributed by atoms with Crippen molar-refractivity contribution < 1.29 is 23.2 Å². The van der Waals surface area contributed by atoms with Crippen molar-refractivity contribution in [1.29, 1.82) is 0 Å². The maximum absolute atomic E-state index is 15.6. The van der Waals surface area contributed by atoms with Crippen LogP contribution in [-0.2, 0) is 40.2 Å². The number of alkyl halides is 2. The lowest BCUT2D eigenvalue weighted by Crippen LogP contribution is -2.60. The number of aldehydes is 2. The normalized spacial score (nSPS) is 16.6. The quantitative estimate of drug-likeness (QED) is 0.0439. The van der Waals surface area contributed by atoms with Crippen molar-refractivity contribution in [3.8, 4) is 11.1 Å². The number of nitrogens with one attached hydrogen (secondary N) is 1. The molecule has 72 heavy (non-hydrogen) atoms. The van der Waals surface area contributed by atoms with E-state index < -0.39 is 12.5 Å². The number of nitrogens with zero attached hydrogens (tertiary/aromatic N) is 9. The van der Waals surface area contributed by atoms with Crippen LogP contribution in [0.2, 0.25) is 0 Å². The van der Waals surface area contributed by atoms with Crippen molar-refractivity contribution in [3.05, 3.63) is 125 Å². The number of aryl methyl sites for hydroxylation is 2. The summed E-state index contributed by atoms with van der Waals surface area (Å²) in [5, 5.41) is 9.75. The fraction of sp³-hybridized carbons (Fsp3) is 0.436. The van der Waals surface area contributed by atoms with Crippen LogP contribution in [0.25, 0.3) is 22.5 Å². The number of fused-ring (bicyclic) bond motifs is 3. The topological polar surface area (TPSA) is 167 Å². The molecule has 4 aliphatic rings. The SMILES string of the molecule is C=C(C)N1CCc2c(c(N3CCCc4cc(-c5cc6nccn6cc5C/C(N)=C/N(N)C5CN(c6ccc(C(=C)N(C=O)C(C=O)CCC=O)c(C)c6)C5)c(C(F)F)cc43)nn2C2CCCCC2)C1.CNC. The minimum absolute atomic E-state index is 0.0482. The van der Waals surface area contributed by atoms with Crippen LogP contribution in [0.15, 0.2) is 85.7 Å². The van der Waals surface area contributed by atoms with E-state index in [9.17, 15) is 14.4 Å². The van der Waals surface area contributed by atoms with Crippen molar-refractivity contribution in [3.63, 3.8) is 0 Å². The predicted molar refractivity (Wildman–Crippen MR) is 280 cm³/mol. The number of hydrazine groups is 1. The maximum Gasteiger partial charge on any atom is 0.264 e. The highest BCUT2D eigenvalue weighted by Gasteiger charge is 2.35. The molecule has 2 aromatic carbocycles. The minimum atomic E-state index is -2.75. The Kier molecular flexibility index (Phi) is 16.2. The van der Waals surface area contributed by atoms with Crippen molar-refractivity contribution >= 4 is 47.5 Å². The average molecular weight is 985 g/mol. The lowest BCUT2D eigenvalue weighted by Gasteiger charge is -2.45. The molecule has 6 heterocycles. The van der Waals surface area contributed by atoms with E-state index in [4.69, 9.17) is 16.7 Å². The van der Waals surface area contributed by atoms with Crippen molar-refractivity contribution in [2.75, 3.05) is 50.1 Å². The molecular weight excluding hydrogens is 915 g/mol. The van der Waals surface area contributed by atoms with Gasteiger partial charge in [-0.1, -0.05) is 38.5 Å². The Labute approximate surface area is 421 Å². The second-order valence-electron chi connectivity index (χ2n) is 19.7. The van der Waals surface area contributed by atoms with Crippen molar-refractivity contribution in [2.24, 2.45) is 11.6 Å². The Hall–Kier alpha value is -6.85. The summed E-state index contributed by atoms with van der Waals surface area (Å²) in [4.78, 5) is 47.2. The summed E-state index contributed by atoms with van der Waals surface area (Å²) in [6.45, 7) is 15.8. The highest BCUT2D eigenvalue weighted by molar-refractivity contribution is 5.81. The highest BCUT2D eigenvalue weighted by atomic mass is 19.3. The van der Waals surface area contributed by atoms with Gasteiger partial charge in [-0.25, -0.2) is 19.6 Å². The number of hydrogen-bond acceptors (Lipinski definition) is 12. The Balaban J connectivity index is 0.00000226. The van der Waals surface area contributed by atoms with Gasteiger partial charge in [0, 0.05) is 128 Å². The zero-order valence-corrected chi connectivity index (χ0v) is 42.2. The number of anilines is 3. The summed E-state index contributed by atoms with van der Waals surface area (Å²) in [6.07, 6.45) is 15.3. The summed E-state index contributed by atoms with van der Waals surface area (Å²) in [5.41, 5.74) is 17.9. The maximum atomic E-state index is 15.6. The minimum Gasteiger partial charge on any atom is -0.401 e. The van der Waals surface area contributed by atoms with Crippen LogP contribution >= 0.6 is 0 Å². The molecule has 15 nitrogen and oxygen atoms in total. The molecule has 0 bridgehead atoms. The summed E-state index contributed by atoms with van der Waals surface area (Å²) in [7, 11) is 3.75. The van der Waals surface area contributed by atoms with E-state index in [2.05, 4.69) is 42.8 Å². The van der Waals surface area contributed by atoms with Gasteiger partial charge in [-0.2, -0.15) is 5.10 Å². The van der Waals surface area contributed by atoms with Crippen LogP contribution < -0.4 is 26.7 Å². The molecule has 17 heteroatoms. The first-order valence-corrected chi connectivity index (χ1v) is 25.2. The third kappa shape index (κ3) is 10.7. The largest absolute Gasteiger partial charge is 0.401 e. The molecule has 1 aliphatic carbocycles. The lowest BCUT2D eigenvalue weighted by atomic mass is 9.89. The van der Waals surface area contributed by atoms with Crippen LogP contribution in [-0.4, -0.2) is 105 Å². The number of carbonyl (C=O) groups is 3. The summed E-state index contributed by atoms with van der Waals surface area (Å²) >= 11 is 0. The fourth-order valence-electron chi connectivity index (χ4n) is 10.9. The van der Waals surface area contributed by atoms with Crippen LogP contribution in [0.4, 0.5) is 26.0 Å². The third-order valence-corrected chi connectivity index (χ3v) is 14.7. The molecule has 1 unspecified atom stereocenters. The number of amides is 1. The number of imidazole rings is 1. The Morgan fingerprint density at radius 2 is 1.76 bits per heavy atom. The Bertz CT molecular complexity index is 2820. The molecule has 382 valence electrons. The third-order valence-electron chi connectivity index (χ3n) is 14.7. The number of allylic oxidation sites excluding steroid dienone is 2. The Morgan fingerprint density at radius 1 is 1.00 bits per heavy atom. The molecular formula is C55H70F2N12O3. The first-order valence-electron chi connectivity index (χ1n) is 25.2. The lowest BCUT2D eigenvalue weighted by molar-refractivity contribution is -0.122. The number of benzene rings is 2. The van der Waals surface area contributed by atoms with Gasteiger partial charge in [-0.3, -0.25) is 9.48 Å². The van der Waals surface area contributed by atoms with Crippen LogP contribution in [0, 0.1) is 6.92 Å². The predicted octanol–water partition coefficient (Wildman–Crippen LogP) is 8.14. The van der Waals surface area contributed by atoms with E-state index in [1.165, 1.54) is 35.4 Å². The van der Waals surface area contributed by atoms with Gasteiger partial charge in [0.15, 0.2) is 5.82 Å². The number of rotatable bonds is 18. The molecule has 3 aliphatic heterocycles. The van der Waals surface area contributed by atoms with E-state index in [1.807, 2.05) is 75.1 Å². The molecule has 9 rings (SSSR count). The summed E-state index contributed by atoms with van der Waals surface area (Å²) in [6, 6.07) is 10.9. The van der Waals surface area contributed by atoms with E-state index in [-0.39, 0.29) is 30.9 Å². The number of carbonyl (C=O) groups excluding carboxylic acids is 3. The fourth-order valence-corrected chi connectivity index (χ4v) is 10.9. The molecule has 1 saturated heterocycles. The molecule has 0 radical (unpaired) electrons. The molecule has 1 saturated carbocycles. The van der Waals surface area contributed by atoms with Crippen LogP contribution in [0.1, 0.15) is 110 Å². The molecule has 3 aromatic heterocycles. The van der Waals surface area contributed by atoms with Gasteiger partial charge >= 0.3 is 0 Å². The van der Waals surface area contributed by atoms with Crippen LogP contribution in [0.3, 0.4) is 0 Å². The van der Waals surface area contributed by atoms with Gasteiger partial charge in [0.1, 0.15) is 18.2 Å². The van der Waals surface area contributed by atoms with E-state index >= 15 is 8.78 Å². The first kappa shape index (κ1) is 51.5. The van der Waals surface area contributed by atoms with Gasteiger partial charge in [-0.15, -0.1) is 0 Å². The molecule has 1 atom stereocenters. The van der Waals surface area contributed by atoms with E-state index in [0.717, 1.165) is 90.1 Å². The van der Waals surface area contributed by atoms with Gasteiger partial charge in [0.2, 0.25) is 6.41 Å². The van der Waals surface area contributed by atoms with Gasteiger partial charge in [-0.05, 0) is 118 Å². The van der Waals surface area contributed by atoms with Crippen molar-refractivity contribution in [2.45, 2.75) is 116 Å². The zero-order valence-electron chi connectivity index (χ0n) is 42.2. The second-order valence-corrected chi connectivity index (χ2v) is 19.7. The van der Waals surface area contributed by atoms with Crippen LogP contribution in [0.5, 0.6) is 0 Å². The van der Waals surface area contributed by atoms with E-state index in [1.54, 1.807) is 23.5 Å². The first-order chi connectivity index (χ1) is 34.8. The van der Waals surface area contributed by atoms with Gasteiger partial charge < -0.3 is 49.6 Å². The zero-order chi connectivity index (χ0) is 51.2. The number of pyridine rings is 1. The van der Waals surface area contributed by atoms with E-state index in [0.29, 0.717) is 73.1 Å². The van der Waals surface area contributed by atoms with Gasteiger partial charge in [0.05, 0.1) is 18.1 Å². The molecule has 5 aromatic rings. The Morgan fingerprint density at radius 3 is 2.44 bits per heavy atom. The highest BCUT2D eigenvalue weighted by Crippen LogP contribution is 2.45. The standard InChI is InChI=1S/C53H63F2N11O3.C2H7N/c1-34(2)60-19-16-49-48(31-60)53(59-66(49)40-11-6-5-7-12-40)63-18-8-10-37-24-46(47(52(54)55)25-50(37)63)45-26-51-58-17-20-61(51)27-38(45)23-39(56)28-65(57)43-29-62(30-43)41-14-15-44(35(3)22-41)36(4)64(33-69)42(32-68)13-9-21-67;1-3-2/h14-15,17,20-22,24-28,32-33,40,42-43,52H,1,4-13,16,18-19,23,29-31,56-57H2,2-3H3;3H,1-2H3/b39-28-;. The van der Waals surface area contributed by atoms with Crippen molar-refractivity contribution in [1.82, 2.24) is 39.3 Å². The van der Waals surface area contributed by atoms with Gasteiger partial charge in [0.25, 0.3) is 6.43 Å². The molecule has 1 amide bonds. The molecule has 2 fully saturated rings. The molecule has 5 N–H and O–H groups in total. The smallest absolute Gasteiger partial charge is 0.264 e. The monoisotopic (exact) mass is 985 g/mol. The number of nitrogens with two attached hydrogens (primary N) is 2. The molecule has 0 spiro atoms. The number of hydrogen-bond donors (Lipinski definition) is 3. The summed E-state index contributed by atoms with van der Waals surface area (Å²) < 4.78 is 35.4. The summed E-state index contributed by atoms with van der Waals surface area (Å²) in [5.74, 6) is 7.52. The number of halogens is 2. The number of aromatic nitrogens is 4. The average Bonchev–Trinajstić information content (AvgIpc) is 3.98. The second kappa shape index (κ2) is 22.7.